The molecule has 0 saturated carbocycles. The molecule has 7 heteroatoms. The number of anilines is 1. The van der Waals surface area contributed by atoms with E-state index in [1.165, 1.54) is 12.8 Å². The monoisotopic (exact) mass is 473 g/mol. The van der Waals surface area contributed by atoms with Crippen LogP contribution in [-0.4, -0.2) is 62.4 Å². The minimum absolute atomic E-state index is 0. The molecule has 1 amide bonds. The number of halogens is 1. The number of likely N-dealkylation sites (tertiary alicyclic amines) is 1. The summed E-state index contributed by atoms with van der Waals surface area (Å²) < 4.78 is 0. The van der Waals surface area contributed by atoms with Gasteiger partial charge in [0, 0.05) is 32.4 Å². The number of piperidine rings is 1. The number of hydrogen-bond donors (Lipinski definition) is 2. The molecule has 1 saturated heterocycles. The molecule has 0 bridgehead atoms. The van der Waals surface area contributed by atoms with Gasteiger partial charge in [0.15, 0.2) is 5.96 Å². The predicted octanol–water partition coefficient (Wildman–Crippen LogP) is 2.61. The van der Waals surface area contributed by atoms with Gasteiger partial charge >= 0.3 is 0 Å². The van der Waals surface area contributed by atoms with Gasteiger partial charge in [0.25, 0.3) is 0 Å². The van der Waals surface area contributed by atoms with E-state index < -0.39 is 0 Å². The lowest BCUT2D eigenvalue weighted by molar-refractivity contribution is -0.116. The Hall–Kier alpha value is -1.35. The van der Waals surface area contributed by atoms with Gasteiger partial charge in [0.1, 0.15) is 0 Å². The van der Waals surface area contributed by atoms with Crippen LogP contribution < -0.4 is 10.6 Å². The second-order valence-electron chi connectivity index (χ2n) is 7.08. The van der Waals surface area contributed by atoms with Gasteiger partial charge in [-0.05, 0) is 50.6 Å². The highest BCUT2D eigenvalue weighted by molar-refractivity contribution is 14.0. The molecule has 26 heavy (non-hydrogen) atoms. The Morgan fingerprint density at radius 3 is 2.81 bits per heavy atom. The van der Waals surface area contributed by atoms with Crippen LogP contribution in [0.2, 0.25) is 0 Å². The van der Waals surface area contributed by atoms with Crippen molar-refractivity contribution in [2.45, 2.75) is 26.3 Å². The SMILES string of the molecule is CN=C(NCc1cccc(NC(=O)CN(C)C)c1)N1CCCC(C)C1.I. The molecule has 2 rings (SSSR count). The Labute approximate surface area is 174 Å². The van der Waals surface area contributed by atoms with Crippen molar-refractivity contribution in [2.24, 2.45) is 10.9 Å². The van der Waals surface area contributed by atoms with Gasteiger partial charge in [-0.15, -0.1) is 24.0 Å². The molecule has 1 unspecified atom stereocenters. The molecule has 1 atom stereocenters. The Bertz CT molecular complexity index is 605. The number of aliphatic imine (C=N–C) groups is 1. The number of rotatable bonds is 5. The molecule has 0 spiro atoms. The Morgan fingerprint density at radius 2 is 2.15 bits per heavy atom. The standard InChI is InChI=1S/C19H31N5O.HI/c1-15-7-6-10-24(13-15)19(20-2)21-12-16-8-5-9-17(11-16)22-18(25)14-23(3)4;/h5,8-9,11,15H,6-7,10,12-14H2,1-4H3,(H,20,21)(H,22,25);1H. The van der Waals surface area contributed by atoms with E-state index in [1.807, 2.05) is 44.2 Å². The van der Waals surface area contributed by atoms with Gasteiger partial charge < -0.3 is 20.4 Å². The summed E-state index contributed by atoms with van der Waals surface area (Å²) in [6, 6.07) is 7.94. The molecule has 0 aliphatic carbocycles. The van der Waals surface area contributed by atoms with E-state index in [0.29, 0.717) is 19.0 Å². The fourth-order valence-electron chi connectivity index (χ4n) is 3.14. The smallest absolute Gasteiger partial charge is 0.238 e. The lowest BCUT2D eigenvalue weighted by Gasteiger charge is -2.33. The van der Waals surface area contributed by atoms with Crippen LogP contribution in [0, 0.1) is 5.92 Å². The second kappa shape index (κ2) is 11.4. The molecular formula is C19H32IN5O. The minimum Gasteiger partial charge on any atom is -0.352 e. The van der Waals surface area contributed by atoms with Gasteiger partial charge in [-0.3, -0.25) is 9.79 Å². The molecule has 1 heterocycles. The maximum absolute atomic E-state index is 11.9. The Balaban J connectivity index is 0.00000338. The summed E-state index contributed by atoms with van der Waals surface area (Å²) in [6.07, 6.45) is 2.51. The number of likely N-dealkylation sites (N-methyl/N-ethyl adjacent to an activating group) is 1. The lowest BCUT2D eigenvalue weighted by Crippen LogP contribution is -2.45. The molecular weight excluding hydrogens is 441 g/mol. The van der Waals surface area contributed by atoms with E-state index in [9.17, 15) is 4.79 Å². The summed E-state index contributed by atoms with van der Waals surface area (Å²) in [5.41, 5.74) is 1.95. The van der Waals surface area contributed by atoms with Crippen molar-refractivity contribution in [1.29, 1.82) is 0 Å². The average molecular weight is 473 g/mol. The lowest BCUT2D eigenvalue weighted by atomic mass is 10.0. The molecule has 146 valence electrons. The van der Waals surface area contributed by atoms with Crippen molar-refractivity contribution in [3.05, 3.63) is 29.8 Å². The Morgan fingerprint density at radius 1 is 1.38 bits per heavy atom. The molecule has 6 nitrogen and oxygen atoms in total. The molecule has 0 radical (unpaired) electrons. The van der Waals surface area contributed by atoms with Crippen LogP contribution in [0.4, 0.5) is 5.69 Å². The highest BCUT2D eigenvalue weighted by Crippen LogP contribution is 2.16. The number of carbonyl (C=O) groups is 1. The van der Waals surface area contributed by atoms with E-state index in [0.717, 1.165) is 30.3 Å². The van der Waals surface area contributed by atoms with Crippen LogP contribution in [0.15, 0.2) is 29.3 Å². The zero-order valence-electron chi connectivity index (χ0n) is 16.3. The second-order valence-corrected chi connectivity index (χ2v) is 7.08. The average Bonchev–Trinajstić information content (AvgIpc) is 2.55. The maximum Gasteiger partial charge on any atom is 0.238 e. The summed E-state index contributed by atoms with van der Waals surface area (Å²) in [5, 5.41) is 6.38. The number of guanidine groups is 1. The third-order valence-electron chi connectivity index (χ3n) is 4.29. The first kappa shape index (κ1) is 22.7. The van der Waals surface area contributed by atoms with Crippen LogP contribution in [0.25, 0.3) is 0 Å². The molecule has 2 N–H and O–H groups in total. The third-order valence-corrected chi connectivity index (χ3v) is 4.29. The van der Waals surface area contributed by atoms with E-state index >= 15 is 0 Å². The normalized spacial score (nSPS) is 17.7. The molecule has 1 aliphatic heterocycles. The summed E-state index contributed by atoms with van der Waals surface area (Å²) in [5.74, 6) is 1.66. The van der Waals surface area contributed by atoms with Crippen molar-refractivity contribution >= 4 is 41.5 Å². The number of benzene rings is 1. The first-order chi connectivity index (χ1) is 12.0. The largest absolute Gasteiger partial charge is 0.352 e. The molecule has 1 fully saturated rings. The Kier molecular flexibility index (Phi) is 9.93. The maximum atomic E-state index is 11.9. The first-order valence-corrected chi connectivity index (χ1v) is 8.97. The molecule has 1 aromatic rings. The van der Waals surface area contributed by atoms with Crippen LogP contribution >= 0.6 is 24.0 Å². The number of amides is 1. The van der Waals surface area contributed by atoms with E-state index in [1.54, 1.807) is 0 Å². The number of nitrogens with one attached hydrogen (secondary N) is 2. The molecule has 1 aliphatic rings. The highest BCUT2D eigenvalue weighted by Gasteiger charge is 2.19. The molecule has 0 aromatic heterocycles. The first-order valence-electron chi connectivity index (χ1n) is 8.97. The van der Waals surface area contributed by atoms with Crippen LogP contribution in [0.5, 0.6) is 0 Å². The predicted molar refractivity (Wildman–Crippen MR) is 119 cm³/mol. The van der Waals surface area contributed by atoms with E-state index in [4.69, 9.17) is 0 Å². The minimum atomic E-state index is -0.00627. The van der Waals surface area contributed by atoms with Gasteiger partial charge in [-0.25, -0.2) is 0 Å². The van der Waals surface area contributed by atoms with Gasteiger partial charge in [-0.2, -0.15) is 0 Å². The van der Waals surface area contributed by atoms with Crippen LogP contribution in [0.3, 0.4) is 0 Å². The molecule has 1 aromatic carbocycles. The fourth-order valence-corrected chi connectivity index (χ4v) is 3.14. The van der Waals surface area contributed by atoms with Crippen LogP contribution in [0.1, 0.15) is 25.3 Å². The number of nitrogens with zero attached hydrogens (tertiary/aromatic N) is 3. The fraction of sp³-hybridized carbons (Fsp3) is 0.579. The van der Waals surface area contributed by atoms with Gasteiger partial charge in [-0.1, -0.05) is 19.1 Å². The van der Waals surface area contributed by atoms with Crippen molar-refractivity contribution < 1.29 is 4.79 Å². The van der Waals surface area contributed by atoms with Gasteiger partial charge in [0.2, 0.25) is 5.91 Å². The quantitative estimate of drug-likeness (QED) is 0.392. The van der Waals surface area contributed by atoms with Crippen LogP contribution in [-0.2, 0) is 11.3 Å². The van der Waals surface area contributed by atoms with Crippen molar-refractivity contribution in [2.75, 3.05) is 46.1 Å². The van der Waals surface area contributed by atoms with E-state index in [2.05, 4.69) is 33.5 Å². The zero-order chi connectivity index (χ0) is 18.2. The highest BCUT2D eigenvalue weighted by atomic mass is 127. The summed E-state index contributed by atoms with van der Waals surface area (Å²) in [6.45, 7) is 5.47. The van der Waals surface area contributed by atoms with Gasteiger partial charge in [0.05, 0.1) is 6.54 Å². The van der Waals surface area contributed by atoms with Crippen molar-refractivity contribution in [1.82, 2.24) is 15.1 Å². The zero-order valence-corrected chi connectivity index (χ0v) is 18.6. The summed E-state index contributed by atoms with van der Waals surface area (Å²) in [7, 11) is 5.60. The summed E-state index contributed by atoms with van der Waals surface area (Å²) in [4.78, 5) is 20.5. The van der Waals surface area contributed by atoms with Crippen molar-refractivity contribution in [3.63, 3.8) is 0 Å². The van der Waals surface area contributed by atoms with Crippen molar-refractivity contribution in [3.8, 4) is 0 Å². The summed E-state index contributed by atoms with van der Waals surface area (Å²) >= 11 is 0. The third kappa shape index (κ3) is 7.49. The van der Waals surface area contributed by atoms with E-state index in [-0.39, 0.29) is 29.9 Å². The number of hydrogen-bond acceptors (Lipinski definition) is 3. The topological polar surface area (TPSA) is 60.0 Å². The number of carbonyl (C=O) groups excluding carboxylic acids is 1.